The lowest BCUT2D eigenvalue weighted by atomic mass is 10.2. The third kappa shape index (κ3) is 6.65. The third-order valence-corrected chi connectivity index (χ3v) is 4.56. The molecular weight excluding hydrogens is 426 g/mol. The molecule has 0 unspecified atom stereocenters. The topological polar surface area (TPSA) is 128 Å². The normalized spacial score (nSPS) is 12.9. The summed E-state index contributed by atoms with van der Waals surface area (Å²) < 4.78 is 4.86. The van der Waals surface area contributed by atoms with Gasteiger partial charge in [0.25, 0.3) is 17.5 Å². The highest BCUT2D eigenvalue weighted by Gasteiger charge is 2.23. The van der Waals surface area contributed by atoms with Crippen LogP contribution in [0.5, 0.6) is 0 Å². The first-order chi connectivity index (χ1) is 14.8. The molecule has 0 aliphatic heterocycles. The first-order valence-electron chi connectivity index (χ1n) is 9.31. The minimum Gasteiger partial charge on any atom is -0.452 e. The molecule has 160 valence electrons. The Morgan fingerprint density at radius 3 is 2.68 bits per heavy atom. The van der Waals surface area contributed by atoms with Gasteiger partial charge in [-0.1, -0.05) is 23.7 Å². The second-order valence-corrected chi connectivity index (χ2v) is 7.19. The van der Waals surface area contributed by atoms with Crippen LogP contribution < -0.4 is 10.6 Å². The number of anilines is 1. The molecule has 2 N–H and O–H groups in total. The summed E-state index contributed by atoms with van der Waals surface area (Å²) in [6.45, 7) is -0.539. The maximum Gasteiger partial charge on any atom is 0.331 e. The van der Waals surface area contributed by atoms with Crippen LogP contribution in [0.3, 0.4) is 0 Å². The minimum absolute atomic E-state index is 0.0181. The van der Waals surface area contributed by atoms with Gasteiger partial charge in [-0.15, -0.1) is 0 Å². The van der Waals surface area contributed by atoms with E-state index in [-0.39, 0.29) is 22.7 Å². The Balaban J connectivity index is 1.50. The molecule has 2 amide bonds. The van der Waals surface area contributed by atoms with Crippen LogP contribution in [0.1, 0.15) is 28.8 Å². The number of esters is 1. The van der Waals surface area contributed by atoms with Crippen molar-refractivity contribution >= 4 is 46.8 Å². The van der Waals surface area contributed by atoms with Crippen LogP contribution in [0, 0.1) is 10.1 Å². The van der Waals surface area contributed by atoms with Crippen molar-refractivity contribution in [3.05, 3.63) is 74.8 Å². The van der Waals surface area contributed by atoms with Crippen molar-refractivity contribution in [1.29, 1.82) is 0 Å². The van der Waals surface area contributed by atoms with Crippen molar-refractivity contribution in [3.63, 3.8) is 0 Å². The number of hydrogen-bond donors (Lipinski definition) is 2. The van der Waals surface area contributed by atoms with E-state index in [0.717, 1.165) is 18.9 Å². The van der Waals surface area contributed by atoms with Crippen LogP contribution >= 0.6 is 11.6 Å². The lowest BCUT2D eigenvalue weighted by Crippen LogP contribution is -2.25. The molecule has 2 aromatic carbocycles. The number of nitrogens with zero attached hydrogens (tertiary/aromatic N) is 1. The van der Waals surface area contributed by atoms with Crippen LogP contribution in [-0.2, 0) is 14.3 Å². The number of halogens is 1. The van der Waals surface area contributed by atoms with E-state index < -0.39 is 23.4 Å². The molecule has 1 aliphatic carbocycles. The van der Waals surface area contributed by atoms with Gasteiger partial charge in [-0.2, -0.15) is 0 Å². The fourth-order valence-electron chi connectivity index (χ4n) is 2.55. The third-order valence-electron chi connectivity index (χ3n) is 4.25. The molecule has 1 fully saturated rings. The highest BCUT2D eigenvalue weighted by Crippen LogP contribution is 2.25. The number of nitrogens with one attached hydrogen (secondary N) is 2. The van der Waals surface area contributed by atoms with Gasteiger partial charge in [0.15, 0.2) is 6.61 Å². The molecule has 0 spiro atoms. The van der Waals surface area contributed by atoms with Crippen molar-refractivity contribution in [3.8, 4) is 0 Å². The first kappa shape index (κ1) is 22.0. The molecule has 1 saturated carbocycles. The summed E-state index contributed by atoms with van der Waals surface area (Å²) in [4.78, 5) is 46.1. The van der Waals surface area contributed by atoms with E-state index >= 15 is 0 Å². The number of carbonyl (C=O) groups excluding carboxylic acids is 3. The molecule has 0 radical (unpaired) electrons. The van der Waals surface area contributed by atoms with E-state index in [1.54, 1.807) is 18.2 Å². The zero-order valence-electron chi connectivity index (χ0n) is 16.2. The molecule has 0 bridgehead atoms. The fraction of sp³-hybridized carbons (Fsp3) is 0.190. The number of nitro groups is 1. The van der Waals surface area contributed by atoms with E-state index in [1.165, 1.54) is 30.3 Å². The zero-order chi connectivity index (χ0) is 22.4. The van der Waals surface area contributed by atoms with Crippen molar-refractivity contribution in [1.82, 2.24) is 5.32 Å². The summed E-state index contributed by atoms with van der Waals surface area (Å²) in [5.74, 6) is -1.59. The Hall–Kier alpha value is -3.72. The molecule has 10 heteroatoms. The molecule has 31 heavy (non-hydrogen) atoms. The minimum atomic E-state index is -0.801. The molecule has 0 atom stereocenters. The van der Waals surface area contributed by atoms with Crippen molar-refractivity contribution in [2.75, 3.05) is 11.9 Å². The molecule has 0 heterocycles. The van der Waals surface area contributed by atoms with Gasteiger partial charge in [-0.3, -0.25) is 19.7 Å². The molecule has 0 saturated heterocycles. The quantitative estimate of drug-likeness (QED) is 0.279. The van der Waals surface area contributed by atoms with E-state index in [9.17, 15) is 24.5 Å². The zero-order valence-corrected chi connectivity index (χ0v) is 16.9. The van der Waals surface area contributed by atoms with E-state index in [4.69, 9.17) is 16.3 Å². The van der Waals surface area contributed by atoms with Crippen molar-refractivity contribution < 1.29 is 24.0 Å². The lowest BCUT2D eigenvalue weighted by Gasteiger charge is -2.08. The van der Waals surface area contributed by atoms with Crippen LogP contribution in [0.4, 0.5) is 11.4 Å². The predicted octanol–water partition coefficient (Wildman–Crippen LogP) is 3.34. The van der Waals surface area contributed by atoms with Gasteiger partial charge in [-0.05, 0) is 48.7 Å². The maximum absolute atomic E-state index is 12.1. The van der Waals surface area contributed by atoms with Crippen molar-refractivity contribution in [2.24, 2.45) is 0 Å². The van der Waals surface area contributed by atoms with E-state index in [1.807, 2.05) is 0 Å². The molecule has 2 aromatic rings. The predicted molar refractivity (Wildman–Crippen MR) is 114 cm³/mol. The number of nitro benzene ring substituents is 1. The smallest absolute Gasteiger partial charge is 0.331 e. The lowest BCUT2D eigenvalue weighted by molar-refractivity contribution is -0.384. The Kier molecular flexibility index (Phi) is 6.99. The van der Waals surface area contributed by atoms with E-state index in [2.05, 4.69) is 10.6 Å². The van der Waals surface area contributed by atoms with Gasteiger partial charge in [0.1, 0.15) is 5.02 Å². The van der Waals surface area contributed by atoms with Gasteiger partial charge in [0, 0.05) is 29.4 Å². The number of carbonyl (C=O) groups is 3. The SMILES string of the molecule is O=C(COC(=O)/C=C/c1ccc(Cl)c([N+](=O)[O-])c1)Nc1cccc(C(=O)NC2CC2)c1. The largest absolute Gasteiger partial charge is 0.452 e. The van der Waals surface area contributed by atoms with Crippen LogP contribution in [0.2, 0.25) is 5.02 Å². The summed E-state index contributed by atoms with van der Waals surface area (Å²) >= 11 is 5.73. The molecule has 1 aliphatic rings. The van der Waals surface area contributed by atoms with Gasteiger partial charge >= 0.3 is 5.97 Å². The Bertz CT molecular complexity index is 1060. The number of benzene rings is 2. The molecule has 3 rings (SSSR count). The summed E-state index contributed by atoms with van der Waals surface area (Å²) in [5, 5.41) is 16.3. The number of hydrogen-bond acceptors (Lipinski definition) is 6. The van der Waals surface area contributed by atoms with Crippen LogP contribution in [0.15, 0.2) is 48.5 Å². The summed E-state index contributed by atoms with van der Waals surface area (Å²) in [6, 6.07) is 10.7. The van der Waals surface area contributed by atoms with Crippen LogP contribution in [0.25, 0.3) is 6.08 Å². The number of ether oxygens (including phenoxy) is 1. The Morgan fingerprint density at radius 1 is 1.19 bits per heavy atom. The van der Waals surface area contributed by atoms with Crippen LogP contribution in [-0.4, -0.2) is 35.4 Å². The van der Waals surface area contributed by atoms with Gasteiger partial charge in [0.2, 0.25) is 0 Å². The van der Waals surface area contributed by atoms with Gasteiger partial charge in [-0.25, -0.2) is 4.79 Å². The number of amides is 2. The fourth-order valence-corrected chi connectivity index (χ4v) is 2.74. The van der Waals surface area contributed by atoms with E-state index in [0.29, 0.717) is 16.8 Å². The Labute approximate surface area is 182 Å². The highest BCUT2D eigenvalue weighted by atomic mass is 35.5. The summed E-state index contributed by atoms with van der Waals surface area (Å²) in [5.41, 5.74) is 0.901. The summed E-state index contributed by atoms with van der Waals surface area (Å²) in [6.07, 6.45) is 4.29. The molecule has 0 aromatic heterocycles. The average Bonchev–Trinajstić information content (AvgIpc) is 3.55. The molecular formula is C21H18ClN3O6. The monoisotopic (exact) mass is 443 g/mol. The highest BCUT2D eigenvalue weighted by molar-refractivity contribution is 6.32. The second-order valence-electron chi connectivity index (χ2n) is 6.79. The maximum atomic E-state index is 12.1. The van der Waals surface area contributed by atoms with Gasteiger partial charge in [0.05, 0.1) is 4.92 Å². The second kappa shape index (κ2) is 9.86. The van der Waals surface area contributed by atoms with Crippen molar-refractivity contribution in [2.45, 2.75) is 18.9 Å². The number of rotatable bonds is 8. The van der Waals surface area contributed by atoms with Gasteiger partial charge < -0.3 is 15.4 Å². The first-order valence-corrected chi connectivity index (χ1v) is 9.69. The molecule has 9 nitrogen and oxygen atoms in total. The standard InChI is InChI=1S/C21H18ClN3O6/c22-17-8-4-13(10-18(17)25(29)30)5-9-20(27)31-12-19(26)23-16-3-1-2-14(11-16)21(28)24-15-6-7-15/h1-5,8-11,15H,6-7,12H2,(H,23,26)(H,24,28)/b9-5+. The Morgan fingerprint density at radius 2 is 1.97 bits per heavy atom. The summed E-state index contributed by atoms with van der Waals surface area (Å²) in [7, 11) is 0. The average molecular weight is 444 g/mol.